The Morgan fingerprint density at radius 3 is 1.52 bits per heavy atom. The molecule has 2 rings (SSSR count). The third-order valence-corrected chi connectivity index (χ3v) is 3.29. The Morgan fingerprint density at radius 2 is 1.22 bits per heavy atom. The summed E-state index contributed by atoms with van der Waals surface area (Å²) in [6.07, 6.45) is 0.315. The van der Waals surface area contributed by atoms with Gasteiger partial charge in [-0.3, -0.25) is 20.2 Å². The molecule has 0 radical (unpaired) electrons. The summed E-state index contributed by atoms with van der Waals surface area (Å²) in [4.78, 5) is 21.0. The van der Waals surface area contributed by atoms with Crippen LogP contribution < -0.4 is 9.47 Å². The Bertz CT molecular complexity index is 696. The van der Waals surface area contributed by atoms with Crippen molar-refractivity contribution < 1.29 is 19.3 Å². The van der Waals surface area contributed by atoms with Crippen LogP contribution in [0.5, 0.6) is 11.5 Å². The topological polar surface area (TPSA) is 105 Å². The third-order valence-electron chi connectivity index (χ3n) is 3.29. The van der Waals surface area contributed by atoms with E-state index in [2.05, 4.69) is 0 Å². The highest BCUT2D eigenvalue weighted by Gasteiger charge is 2.18. The number of nitrogens with zero attached hydrogens (tertiary/aromatic N) is 2. The Labute approximate surface area is 131 Å². The van der Waals surface area contributed by atoms with Crippen molar-refractivity contribution in [2.45, 2.75) is 6.42 Å². The molecule has 0 saturated heterocycles. The van der Waals surface area contributed by atoms with E-state index in [1.54, 1.807) is 12.1 Å². The van der Waals surface area contributed by atoms with E-state index in [1.165, 1.54) is 38.5 Å². The van der Waals surface area contributed by atoms with Gasteiger partial charge in [0, 0.05) is 12.1 Å². The van der Waals surface area contributed by atoms with Crippen LogP contribution in [-0.2, 0) is 6.42 Å². The zero-order chi connectivity index (χ0) is 17.0. The first-order valence-electron chi connectivity index (χ1n) is 6.59. The predicted octanol–water partition coefficient (Wildman–Crippen LogP) is 3.11. The largest absolute Gasteiger partial charge is 0.490 e. The second-order valence-corrected chi connectivity index (χ2v) is 4.70. The molecule has 0 amide bonds. The highest BCUT2D eigenvalue weighted by atomic mass is 16.6. The SMILES string of the molecule is COc1ccc(Cc2ccc(OC)c([N+](=O)[O-])c2)cc1[N+](=O)[O-]. The van der Waals surface area contributed by atoms with Crippen LogP contribution in [0.15, 0.2) is 36.4 Å². The number of nitro benzene ring substituents is 2. The quantitative estimate of drug-likeness (QED) is 0.598. The number of benzene rings is 2. The molecule has 2 aromatic carbocycles. The van der Waals surface area contributed by atoms with Crippen LogP contribution in [0.25, 0.3) is 0 Å². The van der Waals surface area contributed by atoms with Gasteiger partial charge in [0.15, 0.2) is 11.5 Å². The van der Waals surface area contributed by atoms with Gasteiger partial charge in [-0.2, -0.15) is 0 Å². The molecule has 8 heteroatoms. The lowest BCUT2D eigenvalue weighted by atomic mass is 10.0. The van der Waals surface area contributed by atoms with Gasteiger partial charge in [0.1, 0.15) is 0 Å². The molecule has 0 aliphatic heterocycles. The number of methoxy groups -OCH3 is 2. The number of hydrogen-bond donors (Lipinski definition) is 0. The number of hydrogen-bond acceptors (Lipinski definition) is 6. The van der Waals surface area contributed by atoms with E-state index in [9.17, 15) is 20.2 Å². The van der Waals surface area contributed by atoms with Crippen LogP contribution in [-0.4, -0.2) is 24.1 Å². The summed E-state index contributed by atoms with van der Waals surface area (Å²) in [5.41, 5.74) is 1.01. The first-order chi connectivity index (χ1) is 11.0. The van der Waals surface area contributed by atoms with Crippen LogP contribution in [0, 0.1) is 20.2 Å². The van der Waals surface area contributed by atoms with E-state index < -0.39 is 9.85 Å². The minimum atomic E-state index is -0.529. The van der Waals surface area contributed by atoms with Gasteiger partial charge in [0.25, 0.3) is 0 Å². The van der Waals surface area contributed by atoms with Gasteiger partial charge in [-0.25, -0.2) is 0 Å². The normalized spacial score (nSPS) is 10.2. The Hall–Kier alpha value is -3.16. The van der Waals surface area contributed by atoms with Gasteiger partial charge in [0.05, 0.1) is 24.1 Å². The lowest BCUT2D eigenvalue weighted by Gasteiger charge is -2.07. The van der Waals surface area contributed by atoms with Crippen molar-refractivity contribution in [3.05, 3.63) is 67.8 Å². The Balaban J connectivity index is 2.36. The zero-order valence-electron chi connectivity index (χ0n) is 12.5. The molecular weight excluding hydrogens is 304 g/mol. The van der Waals surface area contributed by atoms with E-state index >= 15 is 0 Å². The lowest BCUT2D eigenvalue weighted by Crippen LogP contribution is -1.98. The summed E-state index contributed by atoms with van der Waals surface area (Å²) in [7, 11) is 2.71. The predicted molar refractivity (Wildman–Crippen MR) is 82.1 cm³/mol. The summed E-state index contributed by atoms with van der Waals surface area (Å²) in [6, 6.07) is 9.17. The van der Waals surface area contributed by atoms with Gasteiger partial charge >= 0.3 is 11.4 Å². The Morgan fingerprint density at radius 1 is 0.826 bits per heavy atom. The second kappa shape index (κ2) is 6.73. The van der Waals surface area contributed by atoms with Crippen molar-refractivity contribution in [2.24, 2.45) is 0 Å². The summed E-state index contributed by atoms with van der Waals surface area (Å²) in [6.45, 7) is 0. The molecule has 0 atom stereocenters. The van der Waals surface area contributed by atoms with Gasteiger partial charge in [-0.05, 0) is 29.7 Å². The first kappa shape index (κ1) is 16.2. The standard InChI is InChI=1S/C15H14N2O6/c1-22-14-5-3-10(8-12(14)16(18)19)7-11-4-6-15(23-2)13(9-11)17(20)21/h3-6,8-9H,7H2,1-2H3. The molecule has 23 heavy (non-hydrogen) atoms. The maximum atomic E-state index is 11.0. The summed E-state index contributed by atoms with van der Waals surface area (Å²) in [5, 5.41) is 22.1. The van der Waals surface area contributed by atoms with Crippen LogP contribution in [0.4, 0.5) is 11.4 Å². The van der Waals surface area contributed by atoms with E-state index in [1.807, 2.05) is 0 Å². The third kappa shape index (κ3) is 3.54. The number of rotatable bonds is 6. The van der Waals surface area contributed by atoms with Crippen LogP contribution in [0.1, 0.15) is 11.1 Å². The number of nitro groups is 2. The minimum absolute atomic E-state index is 0.145. The zero-order valence-corrected chi connectivity index (χ0v) is 12.5. The van der Waals surface area contributed by atoms with E-state index in [-0.39, 0.29) is 22.9 Å². The molecule has 0 aromatic heterocycles. The molecule has 0 aliphatic rings. The maximum absolute atomic E-state index is 11.0. The second-order valence-electron chi connectivity index (χ2n) is 4.70. The highest BCUT2D eigenvalue weighted by Crippen LogP contribution is 2.31. The molecule has 0 saturated carbocycles. The van der Waals surface area contributed by atoms with Crippen molar-refractivity contribution in [3.8, 4) is 11.5 Å². The summed E-state index contributed by atoms with van der Waals surface area (Å²) < 4.78 is 9.89. The highest BCUT2D eigenvalue weighted by molar-refractivity contribution is 5.52. The van der Waals surface area contributed by atoms with Crippen LogP contribution in [0.3, 0.4) is 0 Å². The van der Waals surface area contributed by atoms with Crippen molar-refractivity contribution >= 4 is 11.4 Å². The van der Waals surface area contributed by atoms with Crippen molar-refractivity contribution in [1.82, 2.24) is 0 Å². The molecule has 0 spiro atoms. The fourth-order valence-electron chi connectivity index (χ4n) is 2.21. The van der Waals surface area contributed by atoms with E-state index in [0.29, 0.717) is 17.5 Å². The molecule has 0 aliphatic carbocycles. The summed E-state index contributed by atoms with van der Waals surface area (Å²) in [5.74, 6) is 0.332. The lowest BCUT2D eigenvalue weighted by molar-refractivity contribution is -0.385. The average molecular weight is 318 g/mol. The number of ether oxygens (including phenoxy) is 2. The van der Waals surface area contributed by atoms with Crippen LogP contribution in [0.2, 0.25) is 0 Å². The van der Waals surface area contributed by atoms with E-state index in [0.717, 1.165) is 0 Å². The van der Waals surface area contributed by atoms with Gasteiger partial charge in [-0.1, -0.05) is 12.1 Å². The van der Waals surface area contributed by atoms with Gasteiger partial charge < -0.3 is 9.47 Å². The van der Waals surface area contributed by atoms with Crippen molar-refractivity contribution in [2.75, 3.05) is 14.2 Å². The van der Waals surface area contributed by atoms with Crippen molar-refractivity contribution in [1.29, 1.82) is 0 Å². The fraction of sp³-hybridized carbons (Fsp3) is 0.200. The van der Waals surface area contributed by atoms with Gasteiger partial charge in [-0.15, -0.1) is 0 Å². The van der Waals surface area contributed by atoms with Crippen molar-refractivity contribution in [3.63, 3.8) is 0 Å². The molecule has 0 N–H and O–H groups in total. The smallest absolute Gasteiger partial charge is 0.311 e. The molecule has 2 aromatic rings. The molecule has 0 heterocycles. The molecule has 120 valence electrons. The minimum Gasteiger partial charge on any atom is -0.490 e. The monoisotopic (exact) mass is 318 g/mol. The fourth-order valence-corrected chi connectivity index (χ4v) is 2.21. The van der Waals surface area contributed by atoms with E-state index in [4.69, 9.17) is 9.47 Å². The summed E-state index contributed by atoms with van der Waals surface area (Å²) >= 11 is 0. The molecule has 0 fully saturated rings. The first-order valence-corrected chi connectivity index (χ1v) is 6.59. The molecule has 0 bridgehead atoms. The molecule has 0 unspecified atom stereocenters. The maximum Gasteiger partial charge on any atom is 0.311 e. The van der Waals surface area contributed by atoms with Gasteiger partial charge in [0.2, 0.25) is 0 Å². The van der Waals surface area contributed by atoms with Crippen LogP contribution >= 0.6 is 0 Å². The Kier molecular flexibility index (Phi) is 4.75. The average Bonchev–Trinajstić information content (AvgIpc) is 2.54. The molecular formula is C15H14N2O6. The molecule has 8 nitrogen and oxygen atoms in total.